The lowest BCUT2D eigenvalue weighted by Crippen LogP contribution is -2.52. The number of ether oxygens (including phenoxy) is 2. The van der Waals surface area contributed by atoms with E-state index in [1.54, 1.807) is 4.90 Å². The summed E-state index contributed by atoms with van der Waals surface area (Å²) in [6.07, 6.45) is 3.16. The topological polar surface area (TPSA) is 76.1 Å². The first-order valence-corrected chi connectivity index (χ1v) is 7.13. The molecule has 1 heterocycles. The largest absolute Gasteiger partial charge is 0.481 e. The molecule has 0 aliphatic carbocycles. The van der Waals surface area contributed by atoms with Crippen LogP contribution in [-0.2, 0) is 19.1 Å². The fraction of sp³-hybridized carbons (Fsp3) is 0.857. The van der Waals surface area contributed by atoms with E-state index < -0.39 is 11.4 Å². The van der Waals surface area contributed by atoms with E-state index in [0.29, 0.717) is 26.0 Å². The Morgan fingerprint density at radius 3 is 2.75 bits per heavy atom. The zero-order valence-corrected chi connectivity index (χ0v) is 12.4. The van der Waals surface area contributed by atoms with Crippen molar-refractivity contribution in [3.63, 3.8) is 0 Å². The predicted molar refractivity (Wildman–Crippen MR) is 73.5 cm³/mol. The SMILES string of the molecule is CCCCOCC(=O)N1CCCC(COC)(C(=O)O)C1. The third kappa shape index (κ3) is 4.45. The van der Waals surface area contributed by atoms with Gasteiger partial charge in [-0.2, -0.15) is 0 Å². The predicted octanol–water partition coefficient (Wildman–Crippen LogP) is 1.14. The first-order valence-electron chi connectivity index (χ1n) is 7.13. The molecule has 116 valence electrons. The summed E-state index contributed by atoms with van der Waals surface area (Å²) >= 11 is 0. The Bertz CT molecular complexity index is 330. The van der Waals surface area contributed by atoms with E-state index in [0.717, 1.165) is 12.8 Å². The van der Waals surface area contributed by atoms with E-state index in [4.69, 9.17) is 9.47 Å². The van der Waals surface area contributed by atoms with Crippen molar-refractivity contribution in [2.24, 2.45) is 5.41 Å². The molecule has 1 fully saturated rings. The molecule has 0 aromatic rings. The fourth-order valence-corrected chi connectivity index (χ4v) is 2.47. The molecule has 0 bridgehead atoms. The van der Waals surface area contributed by atoms with Crippen LogP contribution in [-0.4, -0.2) is 61.9 Å². The minimum atomic E-state index is -0.980. The highest BCUT2D eigenvalue weighted by atomic mass is 16.5. The lowest BCUT2D eigenvalue weighted by Gasteiger charge is -2.39. The van der Waals surface area contributed by atoms with Gasteiger partial charge in [0.05, 0.1) is 6.61 Å². The van der Waals surface area contributed by atoms with Gasteiger partial charge in [0.1, 0.15) is 12.0 Å². The lowest BCUT2D eigenvalue weighted by molar-refractivity contribution is -0.160. The number of aliphatic carboxylic acids is 1. The molecule has 1 saturated heterocycles. The van der Waals surface area contributed by atoms with Crippen molar-refractivity contribution < 1.29 is 24.2 Å². The molecular formula is C14H25NO5. The smallest absolute Gasteiger partial charge is 0.313 e. The number of unbranched alkanes of at least 4 members (excludes halogenated alkanes) is 1. The second kappa shape index (κ2) is 8.21. The summed E-state index contributed by atoms with van der Waals surface area (Å²) in [6, 6.07) is 0. The first-order chi connectivity index (χ1) is 9.55. The van der Waals surface area contributed by atoms with Crippen LogP contribution in [0.2, 0.25) is 0 Å². The molecule has 6 nitrogen and oxygen atoms in total. The Morgan fingerprint density at radius 2 is 2.15 bits per heavy atom. The second-order valence-electron chi connectivity index (χ2n) is 5.34. The number of amides is 1. The van der Waals surface area contributed by atoms with Gasteiger partial charge in [0, 0.05) is 26.8 Å². The zero-order chi connectivity index (χ0) is 15.0. The molecule has 1 aliphatic heterocycles. The van der Waals surface area contributed by atoms with Crippen molar-refractivity contribution in [2.75, 3.05) is 40.0 Å². The van der Waals surface area contributed by atoms with Crippen molar-refractivity contribution in [3.8, 4) is 0 Å². The highest BCUT2D eigenvalue weighted by Gasteiger charge is 2.43. The van der Waals surface area contributed by atoms with Gasteiger partial charge in [-0.25, -0.2) is 0 Å². The van der Waals surface area contributed by atoms with Crippen molar-refractivity contribution in [2.45, 2.75) is 32.6 Å². The summed E-state index contributed by atoms with van der Waals surface area (Å²) in [7, 11) is 1.49. The van der Waals surface area contributed by atoms with Crippen LogP contribution in [0.5, 0.6) is 0 Å². The van der Waals surface area contributed by atoms with Gasteiger partial charge in [-0.05, 0) is 19.3 Å². The van der Waals surface area contributed by atoms with Crippen LogP contribution < -0.4 is 0 Å². The Kier molecular flexibility index (Phi) is 6.95. The normalized spacial score (nSPS) is 22.8. The van der Waals surface area contributed by atoms with Crippen molar-refractivity contribution in [3.05, 3.63) is 0 Å². The van der Waals surface area contributed by atoms with Gasteiger partial charge in [0.15, 0.2) is 0 Å². The van der Waals surface area contributed by atoms with Crippen LogP contribution in [0.1, 0.15) is 32.6 Å². The Balaban J connectivity index is 2.54. The van der Waals surface area contributed by atoms with Gasteiger partial charge in [0.25, 0.3) is 0 Å². The second-order valence-corrected chi connectivity index (χ2v) is 5.34. The molecule has 0 spiro atoms. The Labute approximate surface area is 120 Å². The number of carbonyl (C=O) groups excluding carboxylic acids is 1. The van der Waals surface area contributed by atoms with Crippen LogP contribution in [0.3, 0.4) is 0 Å². The molecule has 1 N–H and O–H groups in total. The Morgan fingerprint density at radius 1 is 1.40 bits per heavy atom. The summed E-state index contributed by atoms with van der Waals surface area (Å²) in [5.74, 6) is -1.04. The quantitative estimate of drug-likeness (QED) is 0.678. The maximum atomic E-state index is 12.0. The zero-order valence-electron chi connectivity index (χ0n) is 12.4. The molecule has 1 aliphatic rings. The minimum absolute atomic E-state index is 0.0304. The summed E-state index contributed by atoms with van der Waals surface area (Å²) in [5.41, 5.74) is -0.980. The molecule has 1 rings (SSSR count). The van der Waals surface area contributed by atoms with E-state index in [9.17, 15) is 14.7 Å². The number of piperidine rings is 1. The van der Waals surface area contributed by atoms with Crippen LogP contribution in [0.4, 0.5) is 0 Å². The highest BCUT2D eigenvalue weighted by molar-refractivity contribution is 5.80. The van der Waals surface area contributed by atoms with Gasteiger partial charge in [-0.3, -0.25) is 9.59 Å². The maximum Gasteiger partial charge on any atom is 0.313 e. The average Bonchev–Trinajstić information content (AvgIpc) is 2.44. The summed E-state index contributed by atoms with van der Waals surface area (Å²) in [5, 5.41) is 9.42. The standard InChI is InChI=1S/C14H25NO5/c1-3-4-8-20-9-12(16)15-7-5-6-14(10-15,11-19-2)13(17)18/h3-11H2,1-2H3,(H,17,18). The van der Waals surface area contributed by atoms with Crippen LogP contribution in [0.25, 0.3) is 0 Å². The fourth-order valence-electron chi connectivity index (χ4n) is 2.47. The number of carboxylic acids is 1. The number of hydrogen-bond acceptors (Lipinski definition) is 4. The van der Waals surface area contributed by atoms with Gasteiger partial charge < -0.3 is 19.5 Å². The maximum absolute atomic E-state index is 12.0. The molecule has 1 atom stereocenters. The third-order valence-electron chi connectivity index (χ3n) is 3.67. The van der Waals surface area contributed by atoms with Crippen molar-refractivity contribution in [1.29, 1.82) is 0 Å². The van der Waals surface area contributed by atoms with Gasteiger partial charge in [-0.15, -0.1) is 0 Å². The van der Waals surface area contributed by atoms with Crippen LogP contribution in [0, 0.1) is 5.41 Å². The molecule has 0 saturated carbocycles. The molecule has 6 heteroatoms. The van der Waals surface area contributed by atoms with E-state index >= 15 is 0 Å². The minimum Gasteiger partial charge on any atom is -0.481 e. The number of nitrogens with zero attached hydrogens (tertiary/aromatic N) is 1. The van der Waals surface area contributed by atoms with Gasteiger partial charge in [0.2, 0.25) is 5.91 Å². The lowest BCUT2D eigenvalue weighted by atomic mass is 9.80. The number of methoxy groups -OCH3 is 1. The van der Waals surface area contributed by atoms with Gasteiger partial charge >= 0.3 is 5.97 Å². The summed E-state index contributed by atoms with van der Waals surface area (Å²) in [4.78, 5) is 25.1. The van der Waals surface area contributed by atoms with E-state index in [1.807, 2.05) is 0 Å². The molecule has 0 radical (unpaired) electrons. The van der Waals surface area contributed by atoms with E-state index in [2.05, 4.69) is 6.92 Å². The van der Waals surface area contributed by atoms with Crippen molar-refractivity contribution in [1.82, 2.24) is 4.90 Å². The summed E-state index contributed by atoms with van der Waals surface area (Å²) < 4.78 is 10.3. The summed E-state index contributed by atoms with van der Waals surface area (Å²) in [6.45, 7) is 3.58. The molecule has 0 aromatic heterocycles. The van der Waals surface area contributed by atoms with Crippen molar-refractivity contribution >= 4 is 11.9 Å². The number of rotatable bonds is 8. The molecule has 1 unspecified atom stereocenters. The average molecular weight is 287 g/mol. The molecular weight excluding hydrogens is 262 g/mol. The number of carboxylic acid groups (broad SMARTS) is 1. The highest BCUT2D eigenvalue weighted by Crippen LogP contribution is 2.30. The van der Waals surface area contributed by atoms with Gasteiger partial charge in [-0.1, -0.05) is 13.3 Å². The van der Waals surface area contributed by atoms with E-state index in [1.165, 1.54) is 7.11 Å². The number of likely N-dealkylation sites (tertiary alicyclic amines) is 1. The van der Waals surface area contributed by atoms with Crippen LogP contribution >= 0.6 is 0 Å². The molecule has 0 aromatic carbocycles. The Hall–Kier alpha value is -1.14. The number of hydrogen-bond donors (Lipinski definition) is 1. The molecule has 1 amide bonds. The number of carbonyl (C=O) groups is 2. The third-order valence-corrected chi connectivity index (χ3v) is 3.67. The first kappa shape index (κ1) is 16.9. The van der Waals surface area contributed by atoms with Crippen LogP contribution in [0.15, 0.2) is 0 Å². The molecule has 20 heavy (non-hydrogen) atoms. The monoisotopic (exact) mass is 287 g/mol. The van der Waals surface area contributed by atoms with E-state index in [-0.39, 0.29) is 25.7 Å².